The zero-order chi connectivity index (χ0) is 17.0. The highest BCUT2D eigenvalue weighted by Crippen LogP contribution is 2.40. The fraction of sp³-hybridized carbons (Fsp3) is 0.273. The third-order valence-corrected chi connectivity index (χ3v) is 5.37. The van der Waals surface area contributed by atoms with Gasteiger partial charge < -0.3 is 0 Å². The monoisotopic (exact) mass is 315 g/mol. The van der Waals surface area contributed by atoms with Gasteiger partial charge in [-0.05, 0) is 61.0 Å². The topological polar surface area (TPSA) is 16.8 Å². The fourth-order valence-electron chi connectivity index (χ4n) is 3.98. The largest absolute Gasteiger partial charge is 0.287 e. The molecule has 2 nitrogen and oxygen atoms in total. The molecule has 0 N–H and O–H groups in total. The van der Waals surface area contributed by atoms with Gasteiger partial charge in [0, 0.05) is 17.5 Å². The van der Waals surface area contributed by atoms with E-state index in [0.717, 1.165) is 12.1 Å². The van der Waals surface area contributed by atoms with Gasteiger partial charge in [0.25, 0.3) is 6.33 Å². The van der Waals surface area contributed by atoms with Crippen LogP contribution in [0.4, 0.5) is 0 Å². The van der Waals surface area contributed by atoms with E-state index in [1.54, 1.807) is 0 Å². The summed E-state index contributed by atoms with van der Waals surface area (Å²) < 4.78 is 2.18. The van der Waals surface area contributed by atoms with Gasteiger partial charge in [0.15, 0.2) is 5.69 Å². The lowest BCUT2D eigenvalue weighted by molar-refractivity contribution is -0.663. The summed E-state index contributed by atoms with van der Waals surface area (Å²) in [5, 5.41) is 0. The maximum atomic E-state index is 4.76. The first-order valence-corrected chi connectivity index (χ1v) is 8.52. The Hall–Kier alpha value is -2.48. The number of hydrogen-bond donors (Lipinski definition) is 0. The van der Waals surface area contributed by atoms with E-state index in [1.807, 2.05) is 6.33 Å². The molecular weight excluding hydrogens is 292 g/mol. The minimum atomic E-state index is 0.973. The van der Waals surface area contributed by atoms with Crippen LogP contribution in [0.3, 0.4) is 0 Å². The highest BCUT2D eigenvalue weighted by Gasteiger charge is 2.31. The van der Waals surface area contributed by atoms with Crippen molar-refractivity contribution in [3.05, 3.63) is 70.0 Å². The van der Waals surface area contributed by atoms with Crippen LogP contribution in [-0.2, 0) is 13.5 Å². The predicted molar refractivity (Wildman–Crippen MR) is 98.0 cm³/mol. The molecule has 0 aliphatic heterocycles. The van der Waals surface area contributed by atoms with Crippen LogP contribution in [-0.4, -0.2) is 4.98 Å². The van der Waals surface area contributed by atoms with Crippen molar-refractivity contribution in [2.45, 2.75) is 34.1 Å². The third kappa shape index (κ3) is 2.10. The Morgan fingerprint density at radius 1 is 0.917 bits per heavy atom. The van der Waals surface area contributed by atoms with Gasteiger partial charge in [-0.25, -0.2) is 4.57 Å². The summed E-state index contributed by atoms with van der Waals surface area (Å²) in [6, 6.07) is 11.1. The van der Waals surface area contributed by atoms with Crippen LogP contribution in [0, 0.1) is 27.7 Å². The van der Waals surface area contributed by atoms with Crippen molar-refractivity contribution in [1.82, 2.24) is 4.98 Å². The molecule has 120 valence electrons. The van der Waals surface area contributed by atoms with Crippen molar-refractivity contribution in [2.75, 3.05) is 0 Å². The second-order valence-electron chi connectivity index (χ2n) is 7.06. The SMILES string of the molecule is Cc1cc(C)c(C)c(-c2c3c(nc[n+]2C)-c2cccc(C)c2C3)c1. The van der Waals surface area contributed by atoms with Crippen LogP contribution in [0.15, 0.2) is 36.7 Å². The maximum Gasteiger partial charge on any atom is 0.287 e. The van der Waals surface area contributed by atoms with Crippen molar-refractivity contribution in [3.63, 3.8) is 0 Å². The van der Waals surface area contributed by atoms with E-state index in [1.165, 1.54) is 50.2 Å². The van der Waals surface area contributed by atoms with Gasteiger partial charge in [0.1, 0.15) is 5.69 Å². The van der Waals surface area contributed by atoms with Crippen molar-refractivity contribution in [1.29, 1.82) is 0 Å². The molecule has 0 spiro atoms. The van der Waals surface area contributed by atoms with Crippen LogP contribution in [0.1, 0.15) is 33.4 Å². The summed E-state index contributed by atoms with van der Waals surface area (Å²) >= 11 is 0. The molecule has 0 amide bonds. The van der Waals surface area contributed by atoms with E-state index in [2.05, 4.69) is 69.6 Å². The van der Waals surface area contributed by atoms with Gasteiger partial charge in [-0.3, -0.25) is 0 Å². The highest BCUT2D eigenvalue weighted by molar-refractivity contribution is 5.81. The Labute approximate surface area is 143 Å². The first-order valence-electron chi connectivity index (χ1n) is 8.52. The lowest BCUT2D eigenvalue weighted by atomic mass is 9.94. The predicted octanol–water partition coefficient (Wildman–Crippen LogP) is 4.38. The zero-order valence-corrected chi connectivity index (χ0v) is 15.1. The van der Waals surface area contributed by atoms with Gasteiger partial charge in [-0.2, -0.15) is 0 Å². The maximum absolute atomic E-state index is 4.76. The molecule has 3 aromatic rings. The highest BCUT2D eigenvalue weighted by atomic mass is 15.0. The molecule has 0 bridgehead atoms. The van der Waals surface area contributed by atoms with Gasteiger partial charge in [-0.1, -0.05) is 29.8 Å². The van der Waals surface area contributed by atoms with E-state index >= 15 is 0 Å². The van der Waals surface area contributed by atoms with Crippen molar-refractivity contribution < 1.29 is 4.57 Å². The van der Waals surface area contributed by atoms with Gasteiger partial charge in [0.2, 0.25) is 0 Å². The van der Waals surface area contributed by atoms with Crippen LogP contribution in [0.2, 0.25) is 0 Å². The van der Waals surface area contributed by atoms with Gasteiger partial charge in [-0.15, -0.1) is 0 Å². The number of fused-ring (bicyclic) bond motifs is 3. The summed E-state index contributed by atoms with van der Waals surface area (Å²) in [6.45, 7) is 8.80. The average Bonchev–Trinajstić information content (AvgIpc) is 2.91. The standard InChI is InChI=1S/C22H23N2/c1-13-9-15(3)16(4)19(10-13)22-20-11-18-14(2)7-6-8-17(18)21(20)23-12-24(22)5/h6-10,12H,11H2,1-5H3/q+1. The summed E-state index contributed by atoms with van der Waals surface area (Å²) in [7, 11) is 2.11. The summed E-state index contributed by atoms with van der Waals surface area (Å²) in [5.41, 5.74) is 13.3. The molecule has 1 aliphatic carbocycles. The molecule has 0 saturated carbocycles. The van der Waals surface area contributed by atoms with E-state index in [9.17, 15) is 0 Å². The zero-order valence-electron chi connectivity index (χ0n) is 15.1. The van der Waals surface area contributed by atoms with E-state index in [4.69, 9.17) is 4.98 Å². The van der Waals surface area contributed by atoms with E-state index in [0.29, 0.717) is 0 Å². The molecule has 2 heteroatoms. The minimum Gasteiger partial charge on any atom is -0.232 e. The lowest BCUT2D eigenvalue weighted by Gasteiger charge is -2.13. The molecule has 1 heterocycles. The molecule has 24 heavy (non-hydrogen) atoms. The molecule has 1 aliphatic rings. The second-order valence-corrected chi connectivity index (χ2v) is 7.06. The Morgan fingerprint density at radius 2 is 1.71 bits per heavy atom. The van der Waals surface area contributed by atoms with Crippen molar-refractivity contribution >= 4 is 0 Å². The van der Waals surface area contributed by atoms with Crippen LogP contribution < -0.4 is 4.57 Å². The van der Waals surface area contributed by atoms with Crippen LogP contribution in [0.5, 0.6) is 0 Å². The van der Waals surface area contributed by atoms with Crippen molar-refractivity contribution in [2.24, 2.45) is 7.05 Å². The lowest BCUT2D eigenvalue weighted by Crippen LogP contribution is -2.33. The number of aryl methyl sites for hydroxylation is 4. The number of hydrogen-bond acceptors (Lipinski definition) is 1. The Morgan fingerprint density at radius 3 is 2.50 bits per heavy atom. The summed E-state index contributed by atoms with van der Waals surface area (Å²) in [5.74, 6) is 0. The second kappa shape index (κ2) is 5.27. The molecule has 0 atom stereocenters. The summed E-state index contributed by atoms with van der Waals surface area (Å²) in [6.07, 6.45) is 2.93. The number of benzene rings is 2. The molecule has 2 aromatic carbocycles. The van der Waals surface area contributed by atoms with Crippen LogP contribution in [0.25, 0.3) is 22.5 Å². The molecule has 0 radical (unpaired) electrons. The van der Waals surface area contributed by atoms with Gasteiger partial charge in [0.05, 0.1) is 12.6 Å². The molecule has 1 aromatic heterocycles. The molecule has 0 unspecified atom stereocenters. The molecular formula is C22H23N2+. The minimum absolute atomic E-state index is 0.973. The molecule has 0 saturated heterocycles. The first kappa shape index (κ1) is 15.1. The molecule has 4 rings (SSSR count). The van der Waals surface area contributed by atoms with Gasteiger partial charge >= 0.3 is 0 Å². The molecule has 0 fully saturated rings. The number of rotatable bonds is 1. The smallest absolute Gasteiger partial charge is 0.232 e. The Kier molecular flexibility index (Phi) is 3.31. The average molecular weight is 315 g/mol. The first-order chi connectivity index (χ1) is 11.5. The third-order valence-electron chi connectivity index (χ3n) is 5.37. The van der Waals surface area contributed by atoms with E-state index < -0.39 is 0 Å². The van der Waals surface area contributed by atoms with Crippen LogP contribution >= 0.6 is 0 Å². The van der Waals surface area contributed by atoms with Crippen molar-refractivity contribution in [3.8, 4) is 22.5 Å². The summed E-state index contributed by atoms with van der Waals surface area (Å²) in [4.78, 5) is 4.76. The number of aromatic nitrogens is 2. The quantitative estimate of drug-likeness (QED) is 0.476. The normalized spacial score (nSPS) is 12.2. The Bertz CT molecular complexity index is 984. The van der Waals surface area contributed by atoms with E-state index in [-0.39, 0.29) is 0 Å². The Balaban J connectivity index is 2.03. The fourth-order valence-corrected chi connectivity index (χ4v) is 3.98. The number of nitrogens with zero attached hydrogens (tertiary/aromatic N) is 2.